The average Bonchev–Trinajstić information content (AvgIpc) is 2.57. The summed E-state index contributed by atoms with van der Waals surface area (Å²) in [6.45, 7) is 6.99. The Hall–Kier alpha value is -0.830. The van der Waals surface area contributed by atoms with Gasteiger partial charge in [-0.1, -0.05) is 47.5 Å². The first-order valence-corrected chi connectivity index (χ1v) is 9.37. The zero-order valence-electron chi connectivity index (χ0n) is 15.3. The largest absolute Gasteiger partial charge is 0.357 e. The topological polar surface area (TPSA) is 56.7 Å². The van der Waals surface area contributed by atoms with Crippen LogP contribution in [0.25, 0.3) is 0 Å². The predicted molar refractivity (Wildman–Crippen MR) is 120 cm³/mol. The number of nitrogens with one attached hydrogen (secondary N) is 2. The molecule has 5 nitrogen and oxygen atoms in total. The second-order valence-electron chi connectivity index (χ2n) is 5.63. The second kappa shape index (κ2) is 14.4. The van der Waals surface area contributed by atoms with Crippen LogP contribution in [0.2, 0.25) is 0 Å². The lowest BCUT2D eigenvalue weighted by Gasteiger charge is -2.19. The van der Waals surface area contributed by atoms with E-state index in [2.05, 4.69) is 38.5 Å². The van der Waals surface area contributed by atoms with E-state index in [1.54, 1.807) is 4.90 Å². The number of hydrogen-bond donors (Lipinski definition) is 2. The lowest BCUT2D eigenvalue weighted by atomic mass is 10.2. The number of carbonyl (C=O) groups is 1. The third kappa shape index (κ3) is 10.0. The van der Waals surface area contributed by atoms with Crippen LogP contribution in [0.3, 0.4) is 0 Å². The summed E-state index contributed by atoms with van der Waals surface area (Å²) in [4.78, 5) is 18.5. The average molecular weight is 525 g/mol. The maximum absolute atomic E-state index is 12.3. The van der Waals surface area contributed by atoms with Crippen molar-refractivity contribution < 1.29 is 4.79 Å². The van der Waals surface area contributed by atoms with Crippen molar-refractivity contribution in [2.45, 2.75) is 39.7 Å². The molecule has 142 valence electrons. The smallest absolute Gasteiger partial charge is 0.224 e. The number of hydrogen-bond acceptors (Lipinski definition) is 2. The first-order valence-electron chi connectivity index (χ1n) is 8.58. The number of nitrogens with zero attached hydrogens (tertiary/aromatic N) is 2. The number of unbranched alkanes of at least 4 members (excludes halogenated alkanes) is 1. The molecule has 0 aliphatic carbocycles. The summed E-state index contributed by atoms with van der Waals surface area (Å²) in [6.07, 6.45) is 2.64. The van der Waals surface area contributed by atoms with Crippen LogP contribution in [-0.2, 0) is 11.3 Å². The molecule has 1 aromatic carbocycles. The van der Waals surface area contributed by atoms with E-state index in [1.165, 1.54) is 0 Å². The number of aliphatic imine (C=N–C) groups is 1. The number of amides is 1. The van der Waals surface area contributed by atoms with Gasteiger partial charge in [0, 0.05) is 44.1 Å². The molecular weight excluding hydrogens is 495 g/mol. The van der Waals surface area contributed by atoms with Gasteiger partial charge in [0.15, 0.2) is 5.96 Å². The first kappa shape index (κ1) is 24.2. The fourth-order valence-electron chi connectivity index (χ4n) is 2.14. The van der Waals surface area contributed by atoms with Crippen molar-refractivity contribution in [3.05, 3.63) is 34.3 Å². The quantitative estimate of drug-likeness (QED) is 0.224. The highest BCUT2D eigenvalue weighted by molar-refractivity contribution is 14.0. The van der Waals surface area contributed by atoms with Gasteiger partial charge in [0.05, 0.1) is 0 Å². The van der Waals surface area contributed by atoms with E-state index in [0.717, 1.165) is 41.9 Å². The van der Waals surface area contributed by atoms with Crippen molar-refractivity contribution >= 4 is 51.8 Å². The van der Waals surface area contributed by atoms with Gasteiger partial charge in [0.25, 0.3) is 0 Å². The van der Waals surface area contributed by atoms with E-state index < -0.39 is 0 Å². The summed E-state index contributed by atoms with van der Waals surface area (Å²) >= 11 is 3.52. The highest BCUT2D eigenvalue weighted by Crippen LogP contribution is 2.17. The Kier molecular flexibility index (Phi) is 13.9. The third-order valence-electron chi connectivity index (χ3n) is 3.55. The SMILES string of the molecule is CCCCN=C(NCC)NCCC(=O)N(C)Cc1ccccc1Br.I. The molecule has 0 saturated carbocycles. The van der Waals surface area contributed by atoms with Gasteiger partial charge in [-0.2, -0.15) is 0 Å². The lowest BCUT2D eigenvalue weighted by molar-refractivity contribution is -0.130. The Morgan fingerprint density at radius 2 is 1.96 bits per heavy atom. The van der Waals surface area contributed by atoms with E-state index in [9.17, 15) is 4.79 Å². The van der Waals surface area contributed by atoms with Gasteiger partial charge < -0.3 is 15.5 Å². The van der Waals surface area contributed by atoms with E-state index >= 15 is 0 Å². The van der Waals surface area contributed by atoms with Crippen LogP contribution in [0.5, 0.6) is 0 Å². The predicted octanol–water partition coefficient (Wildman–Crippen LogP) is 3.77. The molecule has 0 radical (unpaired) electrons. The Labute approximate surface area is 177 Å². The monoisotopic (exact) mass is 524 g/mol. The number of carbonyl (C=O) groups excluding carboxylic acids is 1. The summed E-state index contributed by atoms with van der Waals surface area (Å²) in [5, 5.41) is 6.42. The van der Waals surface area contributed by atoms with Crippen LogP contribution in [-0.4, -0.2) is 43.4 Å². The number of benzene rings is 1. The maximum Gasteiger partial charge on any atom is 0.224 e. The summed E-state index contributed by atoms with van der Waals surface area (Å²) in [5.41, 5.74) is 1.11. The molecule has 0 bridgehead atoms. The Bertz CT molecular complexity index is 540. The van der Waals surface area contributed by atoms with Gasteiger partial charge in [0.1, 0.15) is 0 Å². The van der Waals surface area contributed by atoms with Crippen molar-refractivity contribution in [2.75, 3.05) is 26.7 Å². The lowest BCUT2D eigenvalue weighted by Crippen LogP contribution is -2.39. The fourth-order valence-corrected chi connectivity index (χ4v) is 2.55. The zero-order valence-corrected chi connectivity index (χ0v) is 19.3. The summed E-state index contributed by atoms with van der Waals surface area (Å²) in [7, 11) is 1.84. The van der Waals surface area contributed by atoms with Crippen molar-refractivity contribution in [2.24, 2.45) is 4.99 Å². The molecule has 0 heterocycles. The minimum atomic E-state index is 0. The fraction of sp³-hybridized carbons (Fsp3) is 0.556. The van der Waals surface area contributed by atoms with Gasteiger partial charge in [-0.05, 0) is 25.0 Å². The van der Waals surface area contributed by atoms with E-state index in [4.69, 9.17) is 0 Å². The van der Waals surface area contributed by atoms with Crippen molar-refractivity contribution in [3.8, 4) is 0 Å². The molecule has 1 amide bonds. The summed E-state index contributed by atoms with van der Waals surface area (Å²) in [5.74, 6) is 0.898. The van der Waals surface area contributed by atoms with E-state index in [-0.39, 0.29) is 29.9 Å². The van der Waals surface area contributed by atoms with Crippen molar-refractivity contribution in [1.82, 2.24) is 15.5 Å². The highest BCUT2D eigenvalue weighted by Gasteiger charge is 2.10. The van der Waals surface area contributed by atoms with Gasteiger partial charge in [-0.3, -0.25) is 9.79 Å². The van der Waals surface area contributed by atoms with Crippen LogP contribution in [0, 0.1) is 0 Å². The molecule has 0 saturated heterocycles. The molecule has 0 aliphatic heterocycles. The Morgan fingerprint density at radius 3 is 2.60 bits per heavy atom. The van der Waals surface area contributed by atoms with Gasteiger partial charge in [-0.25, -0.2) is 0 Å². The van der Waals surface area contributed by atoms with Crippen LogP contribution < -0.4 is 10.6 Å². The molecule has 25 heavy (non-hydrogen) atoms. The zero-order chi connectivity index (χ0) is 17.8. The molecule has 0 spiro atoms. The number of guanidine groups is 1. The molecule has 2 N–H and O–H groups in total. The van der Waals surface area contributed by atoms with Gasteiger partial charge in [-0.15, -0.1) is 24.0 Å². The van der Waals surface area contributed by atoms with E-state index in [1.807, 2.05) is 38.2 Å². The molecule has 0 atom stereocenters. The highest BCUT2D eigenvalue weighted by atomic mass is 127. The summed E-state index contributed by atoms with van der Waals surface area (Å²) in [6, 6.07) is 7.97. The minimum absolute atomic E-state index is 0. The maximum atomic E-state index is 12.3. The van der Waals surface area contributed by atoms with Crippen molar-refractivity contribution in [1.29, 1.82) is 0 Å². The summed E-state index contributed by atoms with van der Waals surface area (Å²) < 4.78 is 1.03. The Morgan fingerprint density at radius 1 is 1.24 bits per heavy atom. The number of rotatable bonds is 9. The van der Waals surface area contributed by atoms with E-state index in [0.29, 0.717) is 19.5 Å². The normalized spacial score (nSPS) is 10.8. The molecule has 0 fully saturated rings. The van der Waals surface area contributed by atoms with Gasteiger partial charge in [0.2, 0.25) is 5.91 Å². The molecule has 0 unspecified atom stereocenters. The Balaban J connectivity index is 0.00000576. The molecule has 0 aromatic heterocycles. The van der Waals surface area contributed by atoms with Crippen LogP contribution >= 0.6 is 39.9 Å². The molecule has 1 aromatic rings. The number of halogens is 2. The van der Waals surface area contributed by atoms with Crippen LogP contribution in [0.1, 0.15) is 38.7 Å². The minimum Gasteiger partial charge on any atom is -0.357 e. The first-order chi connectivity index (χ1) is 11.6. The van der Waals surface area contributed by atoms with Crippen LogP contribution in [0.15, 0.2) is 33.7 Å². The van der Waals surface area contributed by atoms with Gasteiger partial charge >= 0.3 is 0 Å². The molecular formula is C18H30BrIN4O. The standard InChI is InChI=1S/C18H29BrN4O.HI/c1-4-6-12-21-18(20-5-2)22-13-11-17(24)23(3)14-15-9-7-8-10-16(15)19;/h7-10H,4-6,11-14H2,1-3H3,(H2,20,21,22);1H. The van der Waals surface area contributed by atoms with Crippen LogP contribution in [0.4, 0.5) is 0 Å². The third-order valence-corrected chi connectivity index (χ3v) is 4.32. The molecule has 1 rings (SSSR count). The second-order valence-corrected chi connectivity index (χ2v) is 6.49. The molecule has 7 heteroatoms. The van der Waals surface area contributed by atoms with Crippen molar-refractivity contribution in [3.63, 3.8) is 0 Å². The molecule has 0 aliphatic rings.